The predicted octanol–water partition coefficient (Wildman–Crippen LogP) is 5.84. The van der Waals surface area contributed by atoms with Gasteiger partial charge in [-0.15, -0.1) is 0 Å². The lowest BCUT2D eigenvalue weighted by molar-refractivity contribution is -0.301. The molecule has 2 heterocycles. The molecule has 0 radical (unpaired) electrons. The van der Waals surface area contributed by atoms with E-state index in [2.05, 4.69) is 12.1 Å². The van der Waals surface area contributed by atoms with Crippen LogP contribution in [0.5, 0.6) is 0 Å². The zero-order valence-electron chi connectivity index (χ0n) is 37.2. The van der Waals surface area contributed by atoms with Crippen LogP contribution >= 0.6 is 0 Å². The highest BCUT2D eigenvalue weighted by atomic mass is 16.7. The van der Waals surface area contributed by atoms with Gasteiger partial charge in [0.05, 0.1) is 42.3 Å². The molecule has 330 valence electrons. The molecule has 2 aromatic carbocycles. The molecule has 2 aliphatic rings. The minimum Gasteiger partial charge on any atom is -0.465 e. The second-order valence-electron chi connectivity index (χ2n) is 17.6. The van der Waals surface area contributed by atoms with Gasteiger partial charge in [0, 0.05) is 43.5 Å². The first-order chi connectivity index (χ1) is 27.7. The van der Waals surface area contributed by atoms with Crippen molar-refractivity contribution in [2.24, 2.45) is 33.9 Å². The Morgan fingerprint density at radius 2 is 1.56 bits per heavy atom. The van der Waals surface area contributed by atoms with Gasteiger partial charge in [-0.25, -0.2) is 0 Å². The largest absolute Gasteiger partial charge is 0.465 e. The summed E-state index contributed by atoms with van der Waals surface area (Å²) in [4.78, 5) is 14.3. The van der Waals surface area contributed by atoms with Crippen molar-refractivity contribution in [3.8, 4) is 11.1 Å². The van der Waals surface area contributed by atoms with E-state index >= 15 is 0 Å². The third kappa shape index (κ3) is 12.0. The van der Waals surface area contributed by atoms with Crippen LogP contribution in [-0.4, -0.2) is 131 Å². The molecule has 14 atom stereocenters. The van der Waals surface area contributed by atoms with Crippen molar-refractivity contribution in [3.63, 3.8) is 0 Å². The molecular weight excluding hydrogens is 755 g/mol. The molecule has 0 aliphatic carbocycles. The standard InChI is InChI=1S/C46H71N3O10/c1-13-38-46(9,54)41(52)30(5)39(48-47-31(6)33-19-21-35(22-20-33)34-17-15-14-16-18-34)28(3)25-45(8,55-12)42(36(26-56-32(7)50)23-27(2)43(53)58-38)59-44-40(51)37(49(10)11)24-29(4)57-44/h14-22,27-30,36-38,40-44,51-54H,13,23-26H2,1-12H3. The summed E-state index contributed by atoms with van der Waals surface area (Å²) in [6.07, 6.45) is -5.56. The van der Waals surface area contributed by atoms with Crippen LogP contribution in [-0.2, 0) is 28.5 Å². The van der Waals surface area contributed by atoms with E-state index in [1.807, 2.05) is 96.1 Å². The summed E-state index contributed by atoms with van der Waals surface area (Å²) < 4.78 is 31.5. The van der Waals surface area contributed by atoms with Crippen LogP contribution in [0.25, 0.3) is 11.1 Å². The number of methoxy groups -OCH3 is 1. The molecule has 0 aromatic heterocycles. The van der Waals surface area contributed by atoms with Gasteiger partial charge in [-0.1, -0.05) is 82.3 Å². The number of carbonyl (C=O) groups excluding carboxylic acids is 1. The van der Waals surface area contributed by atoms with Crippen molar-refractivity contribution in [2.45, 2.75) is 148 Å². The normalized spacial score (nSPS) is 37.6. The molecule has 0 amide bonds. The maximum Gasteiger partial charge on any atom is 0.302 e. The van der Waals surface area contributed by atoms with Gasteiger partial charge in [-0.2, -0.15) is 10.2 Å². The number of esters is 1. The van der Waals surface area contributed by atoms with Crippen LogP contribution in [0, 0.1) is 23.7 Å². The van der Waals surface area contributed by atoms with Gasteiger partial charge in [0.1, 0.15) is 11.7 Å². The zero-order chi connectivity index (χ0) is 43.8. The van der Waals surface area contributed by atoms with E-state index in [1.54, 1.807) is 21.0 Å². The molecule has 14 unspecified atom stereocenters. The number of hydrogen-bond acceptors (Lipinski definition) is 13. The van der Waals surface area contributed by atoms with Crippen molar-refractivity contribution in [1.29, 1.82) is 0 Å². The molecule has 4 N–H and O–H groups in total. The fourth-order valence-electron chi connectivity index (χ4n) is 8.85. The third-order valence-corrected chi connectivity index (χ3v) is 12.5. The number of likely N-dealkylation sites (N-methyl/N-ethyl adjacent to an activating group) is 1. The molecule has 0 spiro atoms. The molecule has 0 saturated carbocycles. The minimum atomic E-state index is -1.81. The van der Waals surface area contributed by atoms with Crippen molar-refractivity contribution in [2.75, 3.05) is 27.8 Å². The molecule has 13 nitrogen and oxygen atoms in total. The Kier molecular flexibility index (Phi) is 17.4. The summed E-state index contributed by atoms with van der Waals surface area (Å²) in [6, 6.07) is 17.9. The molecule has 0 bridgehead atoms. The zero-order valence-corrected chi connectivity index (χ0v) is 37.2. The fraction of sp³-hybridized carbons (Fsp3) is 0.674. The lowest BCUT2D eigenvalue weighted by Crippen LogP contribution is -2.59. The maximum absolute atomic E-state index is 12.3. The molecule has 4 rings (SSSR count). The summed E-state index contributed by atoms with van der Waals surface area (Å²) >= 11 is 0. The van der Waals surface area contributed by atoms with Gasteiger partial charge < -0.3 is 49.0 Å². The van der Waals surface area contributed by atoms with Crippen LogP contribution in [0.2, 0.25) is 0 Å². The monoisotopic (exact) mass is 826 g/mol. The van der Waals surface area contributed by atoms with E-state index in [0.29, 0.717) is 17.8 Å². The summed E-state index contributed by atoms with van der Waals surface area (Å²) in [7, 11) is 5.38. The number of carbonyl (C=O) groups is 1. The average molecular weight is 826 g/mol. The van der Waals surface area contributed by atoms with E-state index in [-0.39, 0.29) is 38.0 Å². The Balaban J connectivity index is 1.86. The third-order valence-electron chi connectivity index (χ3n) is 12.5. The molecular formula is C46H71N3O10. The van der Waals surface area contributed by atoms with Gasteiger partial charge >= 0.3 is 5.97 Å². The Labute approximate surface area is 351 Å². The molecule has 2 aliphatic heterocycles. The second-order valence-corrected chi connectivity index (χ2v) is 17.6. The second kappa shape index (κ2) is 21.1. The molecule has 59 heavy (non-hydrogen) atoms. The van der Waals surface area contributed by atoms with Gasteiger partial charge in [0.25, 0.3) is 0 Å². The van der Waals surface area contributed by atoms with E-state index < -0.39 is 77.8 Å². The first-order valence-electron chi connectivity index (χ1n) is 21.1. The van der Waals surface area contributed by atoms with Gasteiger partial charge in [0.2, 0.25) is 0 Å². The molecule has 13 heteroatoms. The minimum absolute atomic E-state index is 0.0859. The Bertz CT molecular complexity index is 1690. The van der Waals surface area contributed by atoms with E-state index in [9.17, 15) is 25.2 Å². The number of aliphatic hydroxyl groups is 4. The highest BCUT2D eigenvalue weighted by Gasteiger charge is 2.50. The maximum atomic E-state index is 12.3. The highest BCUT2D eigenvalue weighted by Crippen LogP contribution is 2.40. The molecule has 2 saturated heterocycles. The fourth-order valence-corrected chi connectivity index (χ4v) is 8.85. The van der Waals surface area contributed by atoms with Crippen LogP contribution in [0.4, 0.5) is 0 Å². The summed E-state index contributed by atoms with van der Waals surface area (Å²) in [5.74, 6) is -2.84. The Hall–Kier alpha value is -3.11. The highest BCUT2D eigenvalue weighted by molar-refractivity contribution is 6.00. The van der Waals surface area contributed by atoms with Crippen LogP contribution in [0.3, 0.4) is 0 Å². The van der Waals surface area contributed by atoms with Crippen molar-refractivity contribution < 1.29 is 48.9 Å². The number of nitrogens with zero attached hydrogens (tertiary/aromatic N) is 3. The quantitative estimate of drug-likeness (QED) is 0.129. The Morgan fingerprint density at radius 1 is 0.932 bits per heavy atom. The number of benzene rings is 2. The Morgan fingerprint density at radius 3 is 2.14 bits per heavy atom. The average Bonchev–Trinajstić information content (AvgIpc) is 3.20. The lowest BCUT2D eigenvalue weighted by Gasteiger charge is -2.48. The van der Waals surface area contributed by atoms with Crippen LogP contribution in [0.1, 0.15) is 93.6 Å². The topological polar surface area (TPSA) is 172 Å². The number of aliphatic hydroxyl groups excluding tert-OH is 3. The molecule has 2 fully saturated rings. The first kappa shape index (κ1) is 48.6. The summed E-state index contributed by atoms with van der Waals surface area (Å²) in [5, 5.41) is 56.8. The molecule has 2 aromatic rings. The van der Waals surface area contributed by atoms with E-state index in [4.69, 9.17) is 33.9 Å². The van der Waals surface area contributed by atoms with Crippen molar-refractivity contribution in [3.05, 3.63) is 60.2 Å². The van der Waals surface area contributed by atoms with E-state index in [0.717, 1.165) is 16.7 Å². The first-order valence-corrected chi connectivity index (χ1v) is 21.1. The summed E-state index contributed by atoms with van der Waals surface area (Å²) in [6.45, 7) is 15.8. The SMILES string of the molecule is CCC1OC(O)C(C)CC(COC(C)=O)C(OC2OC(C)CC(N(C)C)C2O)C(C)(OC)CC(C)C(=NN=C(C)c2ccc(-c3ccccc3)cc2)C(C)C(O)C1(C)O. The predicted molar refractivity (Wildman–Crippen MR) is 229 cm³/mol. The number of ether oxygens (including phenoxy) is 5. The van der Waals surface area contributed by atoms with E-state index in [1.165, 1.54) is 13.8 Å². The van der Waals surface area contributed by atoms with Crippen molar-refractivity contribution in [1.82, 2.24) is 4.90 Å². The lowest BCUT2D eigenvalue weighted by atomic mass is 9.74. The van der Waals surface area contributed by atoms with Gasteiger partial charge in [-0.05, 0) is 90.1 Å². The van der Waals surface area contributed by atoms with Gasteiger partial charge in [0.15, 0.2) is 12.6 Å². The smallest absolute Gasteiger partial charge is 0.302 e. The van der Waals surface area contributed by atoms with Gasteiger partial charge in [-0.3, -0.25) is 4.79 Å². The number of rotatable bonds is 10. The van der Waals surface area contributed by atoms with Crippen molar-refractivity contribution >= 4 is 17.4 Å². The van der Waals surface area contributed by atoms with Crippen LogP contribution < -0.4 is 0 Å². The summed E-state index contributed by atoms with van der Waals surface area (Å²) in [5.41, 5.74) is 1.20. The van der Waals surface area contributed by atoms with Crippen LogP contribution in [0.15, 0.2) is 64.8 Å². The number of hydrogen-bond donors (Lipinski definition) is 4.